The minimum Gasteiger partial charge on any atom is -0.779 e. The summed E-state index contributed by atoms with van der Waals surface area (Å²) in [4.78, 5) is 12.4. The van der Waals surface area contributed by atoms with Crippen molar-refractivity contribution >= 4 is 7.60 Å². The Balaban J connectivity index is 0. The van der Waals surface area contributed by atoms with E-state index in [1.165, 1.54) is 315 Å². The molecule has 0 aliphatic rings. The zero-order chi connectivity index (χ0) is 44.5. The van der Waals surface area contributed by atoms with Gasteiger partial charge in [0.2, 0.25) is 0 Å². The molecule has 3 nitrogen and oxygen atoms in total. The van der Waals surface area contributed by atoms with Crippen LogP contribution >= 0.6 is 7.60 Å². The van der Waals surface area contributed by atoms with Crippen LogP contribution in [-0.2, 0) is 9.09 Å². The summed E-state index contributed by atoms with van der Waals surface area (Å²) in [5.74, 6) is 0. The quantitative estimate of drug-likeness (QED) is 0.0347. The summed E-state index contributed by atoms with van der Waals surface area (Å²) in [7, 11) is -3.74. The third-order valence-electron chi connectivity index (χ3n) is 14.3. The van der Waals surface area contributed by atoms with Crippen molar-refractivity contribution in [3.05, 3.63) is 7.43 Å². The molecule has 0 aliphatic heterocycles. The number of hydrogen-bond acceptors (Lipinski definition) is 3. The summed E-state index contributed by atoms with van der Waals surface area (Å²) < 4.78 is 18.1. The SMILES string of the molecule is CCCCCCCCCCCCCCCCCCC(CCCCCCCCCCCCCCCCCC)(CCCCCCCCCCCCCCCCCC)COP(C)(=O)[O-].[CH3+]. The molecule has 0 saturated heterocycles. The summed E-state index contributed by atoms with van der Waals surface area (Å²) in [6, 6.07) is 0. The molecule has 0 saturated carbocycles. The molecule has 0 spiro atoms. The molecule has 0 aliphatic carbocycles. The van der Waals surface area contributed by atoms with Crippen LogP contribution in [0.5, 0.6) is 0 Å². The summed E-state index contributed by atoms with van der Waals surface area (Å²) >= 11 is 0. The van der Waals surface area contributed by atoms with Crippen LogP contribution in [0.2, 0.25) is 0 Å². The molecule has 0 rings (SSSR count). The van der Waals surface area contributed by atoms with Gasteiger partial charge in [-0.3, -0.25) is 0 Å². The summed E-state index contributed by atoms with van der Waals surface area (Å²) in [5, 5.41) is 0. The zero-order valence-corrected chi connectivity index (χ0v) is 44.8. The minimum atomic E-state index is -3.74. The van der Waals surface area contributed by atoms with Crippen molar-refractivity contribution in [1.82, 2.24) is 0 Å². The van der Waals surface area contributed by atoms with Crippen LogP contribution in [0.4, 0.5) is 0 Å². The van der Waals surface area contributed by atoms with Gasteiger partial charge in [-0.1, -0.05) is 329 Å². The molecule has 0 heterocycles. The largest absolute Gasteiger partial charge is 0.779 e. The fourth-order valence-electron chi connectivity index (χ4n) is 9.99. The van der Waals surface area contributed by atoms with E-state index in [1.807, 2.05) is 0 Å². The highest BCUT2D eigenvalue weighted by Crippen LogP contribution is 2.43. The average molecular weight is 896 g/mol. The third kappa shape index (κ3) is 51.0. The Labute approximate surface area is 394 Å². The summed E-state index contributed by atoms with van der Waals surface area (Å²) in [5.41, 5.74) is 0.0259. The second-order valence-electron chi connectivity index (χ2n) is 20.7. The van der Waals surface area contributed by atoms with E-state index in [0.29, 0.717) is 6.61 Å². The molecule has 62 heavy (non-hydrogen) atoms. The minimum absolute atomic E-state index is 0. The molecule has 4 heteroatoms. The number of unbranched alkanes of at least 4 members (excludes halogenated alkanes) is 45. The Kier molecular flexibility index (Phi) is 53.8. The predicted molar refractivity (Wildman–Crippen MR) is 281 cm³/mol. The van der Waals surface area contributed by atoms with Crippen molar-refractivity contribution in [1.29, 1.82) is 0 Å². The molecule has 0 radical (unpaired) electrons. The van der Waals surface area contributed by atoms with Gasteiger partial charge in [-0.2, -0.15) is 0 Å². The Morgan fingerprint density at radius 3 is 0.597 bits per heavy atom. The van der Waals surface area contributed by atoms with E-state index in [0.717, 1.165) is 19.3 Å². The van der Waals surface area contributed by atoms with Crippen molar-refractivity contribution in [2.45, 2.75) is 348 Å². The molecular weight excluding hydrogens is 776 g/mol. The van der Waals surface area contributed by atoms with Gasteiger partial charge in [0.25, 0.3) is 0 Å². The van der Waals surface area contributed by atoms with Gasteiger partial charge in [0, 0.05) is 14.1 Å². The van der Waals surface area contributed by atoms with E-state index in [4.69, 9.17) is 4.52 Å². The van der Waals surface area contributed by atoms with Gasteiger partial charge in [-0.25, -0.2) is 0 Å². The van der Waals surface area contributed by atoms with E-state index < -0.39 is 7.60 Å². The lowest BCUT2D eigenvalue weighted by atomic mass is 9.74. The smallest absolute Gasteiger partial charge is 0.131 e. The van der Waals surface area contributed by atoms with Crippen LogP contribution in [0.3, 0.4) is 0 Å². The third-order valence-corrected chi connectivity index (χ3v) is 14.9. The van der Waals surface area contributed by atoms with Crippen molar-refractivity contribution in [2.75, 3.05) is 13.3 Å². The van der Waals surface area contributed by atoms with E-state index in [9.17, 15) is 9.46 Å². The maximum atomic E-state index is 12.4. The first-order valence-corrected chi connectivity index (χ1v) is 30.8. The van der Waals surface area contributed by atoms with Gasteiger partial charge in [0.1, 0.15) is 7.60 Å². The maximum absolute atomic E-state index is 12.4. The second kappa shape index (κ2) is 52.0. The van der Waals surface area contributed by atoms with Gasteiger partial charge in [0.15, 0.2) is 0 Å². The molecule has 0 aromatic heterocycles. The van der Waals surface area contributed by atoms with E-state index in [2.05, 4.69) is 20.8 Å². The van der Waals surface area contributed by atoms with Crippen molar-refractivity contribution in [3.8, 4) is 0 Å². The molecule has 0 fully saturated rings. The molecule has 374 valence electrons. The molecule has 0 aromatic rings. The summed E-state index contributed by atoms with van der Waals surface area (Å²) in [6.07, 6.45) is 70.2. The van der Waals surface area contributed by atoms with E-state index >= 15 is 0 Å². The highest BCUT2D eigenvalue weighted by atomic mass is 31.2. The molecule has 0 bridgehead atoms. The summed E-state index contributed by atoms with van der Waals surface area (Å²) in [6.45, 7) is 8.61. The van der Waals surface area contributed by atoms with Gasteiger partial charge in [0.05, 0.1) is 6.61 Å². The zero-order valence-electron chi connectivity index (χ0n) is 43.9. The Hall–Kier alpha value is 0.0200. The lowest BCUT2D eigenvalue weighted by molar-refractivity contribution is -0.199. The number of rotatable bonds is 54. The first-order valence-electron chi connectivity index (χ1n) is 28.8. The lowest BCUT2D eigenvalue weighted by Crippen LogP contribution is -2.28. The van der Waals surface area contributed by atoms with Crippen molar-refractivity contribution in [3.63, 3.8) is 0 Å². The topological polar surface area (TPSA) is 49.4 Å². The standard InChI is InChI=1S/C57H117O3P.CH3/c1-5-8-11-14-17-20-23-26-29-32-35-38-41-44-47-50-53-57(56-60-61(4,58)59,54-51-48-45-42-39-36-33-30-27-24-21-18-15-12-9-6-2)55-52-49-46-43-40-37-34-31-28-25-22-19-16-13-10-7-3;/h5-56H2,1-4H3,(H,58,59);1H3/q;+1/p-1. The Bertz CT molecular complexity index is 765. The lowest BCUT2D eigenvalue weighted by Gasteiger charge is -2.36. The first kappa shape index (κ1) is 64.1. The fraction of sp³-hybridized carbons (Fsp3) is 0.983. The monoisotopic (exact) mass is 895 g/mol. The van der Waals surface area contributed by atoms with Gasteiger partial charge in [-0.15, -0.1) is 0 Å². The van der Waals surface area contributed by atoms with Gasteiger partial charge in [-0.05, 0) is 24.7 Å². The molecular formula is C58H119O3P. The van der Waals surface area contributed by atoms with Crippen LogP contribution in [-0.4, -0.2) is 13.3 Å². The van der Waals surface area contributed by atoms with Crippen LogP contribution < -0.4 is 4.89 Å². The second-order valence-corrected chi connectivity index (χ2v) is 22.5. The maximum Gasteiger partial charge on any atom is 0.131 e. The Morgan fingerprint density at radius 2 is 0.452 bits per heavy atom. The van der Waals surface area contributed by atoms with Crippen LogP contribution in [0.1, 0.15) is 348 Å². The molecule has 0 N–H and O–H groups in total. The molecule has 0 aromatic carbocycles. The molecule has 1 atom stereocenters. The Morgan fingerprint density at radius 1 is 0.306 bits per heavy atom. The van der Waals surface area contributed by atoms with Crippen LogP contribution in [0, 0.1) is 12.8 Å². The van der Waals surface area contributed by atoms with Crippen LogP contribution in [0.15, 0.2) is 0 Å². The van der Waals surface area contributed by atoms with Gasteiger partial charge >= 0.3 is 0 Å². The van der Waals surface area contributed by atoms with Crippen molar-refractivity contribution in [2.24, 2.45) is 5.41 Å². The predicted octanol–water partition coefficient (Wildman–Crippen LogP) is 21.6. The van der Waals surface area contributed by atoms with Crippen molar-refractivity contribution < 1.29 is 14.0 Å². The van der Waals surface area contributed by atoms with Gasteiger partial charge < -0.3 is 14.0 Å². The average Bonchev–Trinajstić information content (AvgIpc) is 3.24. The normalized spacial score (nSPS) is 12.9. The molecule has 0 amide bonds. The van der Waals surface area contributed by atoms with E-state index in [1.54, 1.807) is 0 Å². The highest BCUT2D eigenvalue weighted by molar-refractivity contribution is 7.50. The highest BCUT2D eigenvalue weighted by Gasteiger charge is 2.30. The first-order chi connectivity index (χ1) is 29.9. The fourth-order valence-corrected chi connectivity index (χ4v) is 10.5. The van der Waals surface area contributed by atoms with Crippen LogP contribution in [0.25, 0.3) is 0 Å². The molecule has 1 unspecified atom stereocenters. The number of hydrogen-bond donors (Lipinski definition) is 0. The van der Waals surface area contributed by atoms with E-state index in [-0.39, 0.29) is 12.8 Å².